The van der Waals surface area contributed by atoms with E-state index in [-0.39, 0.29) is 12.6 Å². The van der Waals surface area contributed by atoms with E-state index in [0.29, 0.717) is 11.0 Å². The van der Waals surface area contributed by atoms with Gasteiger partial charge in [-0.2, -0.15) is 0 Å². The Morgan fingerprint density at radius 1 is 1.40 bits per heavy atom. The van der Waals surface area contributed by atoms with Crippen molar-refractivity contribution < 1.29 is 14.8 Å². The lowest BCUT2D eigenvalue weighted by Crippen LogP contribution is -2.37. The van der Waals surface area contributed by atoms with Gasteiger partial charge in [0.1, 0.15) is 0 Å². The van der Waals surface area contributed by atoms with Crippen molar-refractivity contribution >= 4 is 18.6 Å². The van der Waals surface area contributed by atoms with Crippen LogP contribution >= 0.6 is 0 Å². The number of amides is 2. The molecule has 80 valence electrons. The standard InChI is InChI=1S/C9H13BN2O3/c1-11-9(13)12-6-7-4-2-3-5-8(7)10(14)15/h2-5,14-15H,6H2,1H3,(H2,11,12,13). The van der Waals surface area contributed by atoms with Gasteiger partial charge in [0.05, 0.1) is 0 Å². The topological polar surface area (TPSA) is 81.6 Å². The van der Waals surface area contributed by atoms with Crippen molar-refractivity contribution in [2.75, 3.05) is 7.05 Å². The maximum absolute atomic E-state index is 10.9. The van der Waals surface area contributed by atoms with Gasteiger partial charge < -0.3 is 20.7 Å². The van der Waals surface area contributed by atoms with Crippen molar-refractivity contribution in [3.05, 3.63) is 29.8 Å². The second kappa shape index (κ2) is 5.38. The number of carbonyl (C=O) groups excluding carboxylic acids is 1. The molecule has 0 radical (unpaired) electrons. The number of carbonyl (C=O) groups is 1. The minimum atomic E-state index is -1.52. The Kier molecular flexibility index (Phi) is 4.14. The van der Waals surface area contributed by atoms with Crippen LogP contribution in [0.3, 0.4) is 0 Å². The van der Waals surface area contributed by atoms with E-state index >= 15 is 0 Å². The lowest BCUT2D eigenvalue weighted by molar-refractivity contribution is 0.242. The van der Waals surface area contributed by atoms with E-state index in [2.05, 4.69) is 10.6 Å². The monoisotopic (exact) mass is 208 g/mol. The zero-order valence-electron chi connectivity index (χ0n) is 8.40. The highest BCUT2D eigenvalue weighted by molar-refractivity contribution is 6.59. The number of benzene rings is 1. The second-order valence-corrected chi connectivity index (χ2v) is 3.01. The van der Waals surface area contributed by atoms with E-state index in [4.69, 9.17) is 10.0 Å². The van der Waals surface area contributed by atoms with Crippen LogP contribution in [0, 0.1) is 0 Å². The van der Waals surface area contributed by atoms with E-state index < -0.39 is 7.12 Å². The molecule has 0 aliphatic carbocycles. The van der Waals surface area contributed by atoms with Crippen molar-refractivity contribution in [3.63, 3.8) is 0 Å². The summed E-state index contributed by atoms with van der Waals surface area (Å²) in [5.74, 6) is 0. The summed E-state index contributed by atoms with van der Waals surface area (Å²) in [6.45, 7) is 0.257. The highest BCUT2D eigenvalue weighted by Crippen LogP contribution is 1.96. The molecule has 0 aliphatic rings. The van der Waals surface area contributed by atoms with Crippen LogP contribution < -0.4 is 16.1 Å². The Hall–Kier alpha value is -1.53. The zero-order chi connectivity index (χ0) is 11.3. The first-order valence-corrected chi connectivity index (χ1v) is 4.54. The summed E-state index contributed by atoms with van der Waals surface area (Å²) in [7, 11) is -0.00466. The molecule has 1 aromatic carbocycles. The van der Waals surface area contributed by atoms with Gasteiger partial charge in [0.2, 0.25) is 0 Å². The summed E-state index contributed by atoms with van der Waals surface area (Å²) in [6, 6.07) is 6.50. The third kappa shape index (κ3) is 3.27. The van der Waals surface area contributed by atoms with Gasteiger partial charge in [-0.05, 0) is 11.0 Å². The molecule has 5 nitrogen and oxygen atoms in total. The maximum atomic E-state index is 10.9. The fourth-order valence-corrected chi connectivity index (χ4v) is 1.21. The molecule has 0 unspecified atom stereocenters. The molecule has 0 spiro atoms. The average Bonchev–Trinajstić information content (AvgIpc) is 2.26. The van der Waals surface area contributed by atoms with E-state index in [1.54, 1.807) is 24.3 Å². The third-order valence-corrected chi connectivity index (χ3v) is 2.00. The molecule has 0 fully saturated rings. The predicted molar refractivity (Wildman–Crippen MR) is 57.6 cm³/mol. The van der Waals surface area contributed by atoms with Gasteiger partial charge in [-0.1, -0.05) is 24.3 Å². The van der Waals surface area contributed by atoms with Crippen molar-refractivity contribution in [3.8, 4) is 0 Å². The van der Waals surface area contributed by atoms with Crippen LogP contribution in [0.5, 0.6) is 0 Å². The van der Waals surface area contributed by atoms with Gasteiger partial charge in [0, 0.05) is 13.6 Å². The first kappa shape index (κ1) is 11.5. The normalized spacial score (nSPS) is 9.53. The quantitative estimate of drug-likeness (QED) is 0.470. The Labute approximate surface area is 88.3 Å². The number of hydrogen-bond acceptors (Lipinski definition) is 3. The van der Waals surface area contributed by atoms with Crippen molar-refractivity contribution in [2.45, 2.75) is 6.54 Å². The molecule has 0 aliphatic heterocycles. The Balaban J connectivity index is 2.71. The van der Waals surface area contributed by atoms with Gasteiger partial charge in [0.25, 0.3) is 0 Å². The van der Waals surface area contributed by atoms with Crippen LogP contribution in [-0.4, -0.2) is 30.2 Å². The molecule has 0 atom stereocenters. The fraction of sp³-hybridized carbons (Fsp3) is 0.222. The van der Waals surface area contributed by atoms with Gasteiger partial charge in [-0.3, -0.25) is 0 Å². The molecule has 6 heteroatoms. The first-order chi connectivity index (χ1) is 7.15. The summed E-state index contributed by atoms with van der Waals surface area (Å²) in [4.78, 5) is 10.9. The molecule has 15 heavy (non-hydrogen) atoms. The molecule has 0 bridgehead atoms. The summed E-state index contributed by atoms with van der Waals surface area (Å²) < 4.78 is 0. The SMILES string of the molecule is CNC(=O)NCc1ccccc1B(O)O. The summed E-state index contributed by atoms with van der Waals surface area (Å²) >= 11 is 0. The fourth-order valence-electron chi connectivity index (χ4n) is 1.21. The molecular weight excluding hydrogens is 195 g/mol. The molecule has 0 saturated heterocycles. The van der Waals surface area contributed by atoms with Gasteiger partial charge in [-0.15, -0.1) is 0 Å². The summed E-state index contributed by atoms with van der Waals surface area (Å²) in [5.41, 5.74) is 1.07. The summed E-state index contributed by atoms with van der Waals surface area (Å²) in [5, 5.41) is 23.1. The van der Waals surface area contributed by atoms with Crippen LogP contribution in [0.25, 0.3) is 0 Å². The maximum Gasteiger partial charge on any atom is 0.488 e. The largest absolute Gasteiger partial charge is 0.488 e. The van der Waals surface area contributed by atoms with E-state index in [0.717, 1.165) is 0 Å². The minimum absolute atomic E-state index is 0.257. The smallest absolute Gasteiger partial charge is 0.423 e. The van der Waals surface area contributed by atoms with Gasteiger partial charge >= 0.3 is 13.1 Å². The molecule has 2 amide bonds. The van der Waals surface area contributed by atoms with E-state index in [1.807, 2.05) is 0 Å². The number of hydrogen-bond donors (Lipinski definition) is 4. The second-order valence-electron chi connectivity index (χ2n) is 3.01. The Morgan fingerprint density at radius 3 is 2.67 bits per heavy atom. The molecular formula is C9H13BN2O3. The van der Waals surface area contributed by atoms with Crippen molar-refractivity contribution in [1.29, 1.82) is 0 Å². The minimum Gasteiger partial charge on any atom is -0.423 e. The van der Waals surface area contributed by atoms with Gasteiger partial charge in [0.15, 0.2) is 0 Å². The Morgan fingerprint density at radius 2 is 2.07 bits per heavy atom. The molecule has 0 heterocycles. The third-order valence-electron chi connectivity index (χ3n) is 2.00. The lowest BCUT2D eigenvalue weighted by atomic mass is 9.77. The summed E-state index contributed by atoms with van der Waals surface area (Å²) in [6.07, 6.45) is 0. The van der Waals surface area contributed by atoms with Crippen molar-refractivity contribution in [1.82, 2.24) is 10.6 Å². The molecule has 0 saturated carbocycles. The van der Waals surface area contributed by atoms with Crippen molar-refractivity contribution in [2.24, 2.45) is 0 Å². The molecule has 1 aromatic rings. The Bertz CT molecular complexity index is 344. The van der Waals surface area contributed by atoms with E-state index in [9.17, 15) is 4.79 Å². The van der Waals surface area contributed by atoms with Crippen LogP contribution in [-0.2, 0) is 6.54 Å². The highest BCUT2D eigenvalue weighted by atomic mass is 16.4. The zero-order valence-corrected chi connectivity index (χ0v) is 8.40. The van der Waals surface area contributed by atoms with E-state index in [1.165, 1.54) is 7.05 Å². The van der Waals surface area contributed by atoms with Gasteiger partial charge in [-0.25, -0.2) is 4.79 Å². The number of rotatable bonds is 3. The van der Waals surface area contributed by atoms with Crippen LogP contribution in [0.4, 0.5) is 4.79 Å². The van der Waals surface area contributed by atoms with Crippen LogP contribution in [0.15, 0.2) is 24.3 Å². The number of urea groups is 1. The first-order valence-electron chi connectivity index (χ1n) is 4.54. The molecule has 4 N–H and O–H groups in total. The lowest BCUT2D eigenvalue weighted by Gasteiger charge is -2.09. The molecule has 1 rings (SSSR count). The highest BCUT2D eigenvalue weighted by Gasteiger charge is 2.14. The predicted octanol–water partition coefficient (Wildman–Crippen LogP) is -1.20. The number of nitrogens with one attached hydrogen (secondary N) is 2. The average molecular weight is 208 g/mol. The van der Waals surface area contributed by atoms with Crippen LogP contribution in [0.1, 0.15) is 5.56 Å². The molecule has 0 aromatic heterocycles. The van der Waals surface area contributed by atoms with Crippen LogP contribution in [0.2, 0.25) is 0 Å².